The minimum absolute atomic E-state index is 0.0396. The van der Waals surface area contributed by atoms with Crippen LogP contribution in [0.3, 0.4) is 0 Å². The summed E-state index contributed by atoms with van der Waals surface area (Å²) >= 11 is 0. The Kier molecular flexibility index (Phi) is 6.62. The van der Waals surface area contributed by atoms with Crippen LogP contribution in [0.25, 0.3) is 0 Å². The van der Waals surface area contributed by atoms with Crippen LogP contribution in [0.4, 0.5) is 20.7 Å². The summed E-state index contributed by atoms with van der Waals surface area (Å²) in [6.45, 7) is 0.542. The number of ether oxygens (including phenoxy) is 1. The van der Waals surface area contributed by atoms with Crippen molar-refractivity contribution in [2.45, 2.75) is 23.8 Å². The number of likely N-dealkylation sites (tertiary alicyclic amines) is 1. The van der Waals surface area contributed by atoms with Crippen LogP contribution in [0.15, 0.2) is 34.6 Å². The van der Waals surface area contributed by atoms with E-state index in [9.17, 15) is 22.8 Å². The van der Waals surface area contributed by atoms with Crippen LogP contribution in [-0.2, 0) is 9.84 Å². The molecule has 1 aromatic heterocycles. The Balaban J connectivity index is 1.89. The van der Waals surface area contributed by atoms with Crippen molar-refractivity contribution in [2.75, 3.05) is 24.7 Å². The molecule has 172 valence electrons. The molecule has 14 heteroatoms. The summed E-state index contributed by atoms with van der Waals surface area (Å²) in [6, 6.07) is 3.29. The van der Waals surface area contributed by atoms with Gasteiger partial charge in [-0.15, -0.1) is 0 Å². The third-order valence-electron chi connectivity index (χ3n) is 4.79. The zero-order valence-electron chi connectivity index (χ0n) is 16.9. The first-order valence-electron chi connectivity index (χ1n) is 9.34. The van der Waals surface area contributed by atoms with Gasteiger partial charge in [-0.2, -0.15) is 0 Å². The maximum Gasteiger partial charge on any atom is 0.407 e. The van der Waals surface area contributed by atoms with Gasteiger partial charge in [0.2, 0.25) is 5.88 Å². The molecule has 2 aromatic rings. The largest absolute Gasteiger partial charge is 0.474 e. The molecule has 0 saturated carbocycles. The van der Waals surface area contributed by atoms with Crippen LogP contribution in [0.2, 0.25) is 0 Å². The minimum atomic E-state index is -3.60. The predicted molar refractivity (Wildman–Crippen MR) is 111 cm³/mol. The average Bonchev–Trinajstić information content (AvgIpc) is 2.74. The molecule has 3 rings (SSSR count). The number of carboxylic acid groups (broad SMARTS) is 1. The first-order valence-corrected chi connectivity index (χ1v) is 11.2. The second kappa shape index (κ2) is 9.21. The molecule has 1 saturated heterocycles. The van der Waals surface area contributed by atoms with Gasteiger partial charge in [0.25, 0.3) is 0 Å². The number of halogens is 1. The average molecular weight is 468 g/mol. The maximum absolute atomic E-state index is 14.5. The smallest absolute Gasteiger partial charge is 0.407 e. The number of amidine groups is 1. The molecule has 1 amide bonds. The number of hydrogen-bond donors (Lipinski definition) is 4. The number of amides is 1. The molecule has 0 radical (unpaired) electrons. The summed E-state index contributed by atoms with van der Waals surface area (Å²) in [5.74, 6) is -1.35. The molecule has 1 fully saturated rings. The number of sulfone groups is 1. The molecule has 2 heterocycles. The summed E-state index contributed by atoms with van der Waals surface area (Å²) in [4.78, 5) is 20.1. The molecule has 5 N–H and O–H groups in total. The fourth-order valence-corrected chi connectivity index (χ4v) is 3.75. The Hall–Kier alpha value is -3.68. The predicted octanol–water partition coefficient (Wildman–Crippen LogP) is 1.38. The second-order valence-electron chi connectivity index (χ2n) is 7.01. The molecule has 1 aliphatic rings. The van der Waals surface area contributed by atoms with Crippen LogP contribution in [0, 0.1) is 5.82 Å². The summed E-state index contributed by atoms with van der Waals surface area (Å²) in [6.07, 6.45) is 1.48. The summed E-state index contributed by atoms with van der Waals surface area (Å²) in [5, 5.41) is 23.9. The second-order valence-corrected chi connectivity index (χ2v) is 9.03. The number of nitrogens with two attached hydrogens (primary N) is 1. The molecule has 1 aliphatic heterocycles. The van der Waals surface area contributed by atoms with Gasteiger partial charge in [-0.3, -0.25) is 0 Å². The van der Waals surface area contributed by atoms with E-state index in [1.165, 1.54) is 17.0 Å². The number of hydrogen-bond acceptors (Lipinski definition) is 9. The van der Waals surface area contributed by atoms with Gasteiger partial charge in [0, 0.05) is 32.2 Å². The number of aromatic nitrogens is 2. The van der Waals surface area contributed by atoms with E-state index in [1.807, 2.05) is 0 Å². The van der Waals surface area contributed by atoms with Crippen molar-refractivity contribution in [3.05, 3.63) is 35.9 Å². The SMILES string of the molecule is CS(=O)(=O)c1ccc(Nc2ncnc(OC3CCN(C(=O)O)CC3)c2C(N)=NO)c(F)c1. The molecule has 12 nitrogen and oxygen atoms in total. The lowest BCUT2D eigenvalue weighted by Gasteiger charge is -2.30. The fourth-order valence-electron chi connectivity index (χ4n) is 3.11. The lowest BCUT2D eigenvalue weighted by molar-refractivity contribution is 0.0869. The molecule has 1 aromatic carbocycles. The van der Waals surface area contributed by atoms with Crippen LogP contribution in [-0.4, -0.2) is 71.0 Å². The summed E-state index contributed by atoms with van der Waals surface area (Å²) in [7, 11) is -3.60. The van der Waals surface area contributed by atoms with Crippen molar-refractivity contribution in [3.8, 4) is 5.88 Å². The van der Waals surface area contributed by atoms with Gasteiger partial charge in [-0.25, -0.2) is 27.6 Å². The maximum atomic E-state index is 14.5. The Morgan fingerprint density at radius 1 is 1.34 bits per heavy atom. The summed E-state index contributed by atoms with van der Waals surface area (Å²) < 4.78 is 43.6. The molecular formula is C18H21FN6O6S. The van der Waals surface area contributed by atoms with Crippen LogP contribution in [0.5, 0.6) is 5.88 Å². The van der Waals surface area contributed by atoms with Gasteiger partial charge >= 0.3 is 6.09 Å². The topological polar surface area (TPSA) is 180 Å². The van der Waals surface area contributed by atoms with Crippen molar-refractivity contribution in [1.29, 1.82) is 0 Å². The zero-order valence-corrected chi connectivity index (χ0v) is 17.7. The number of rotatable bonds is 6. The van der Waals surface area contributed by atoms with Crippen molar-refractivity contribution in [2.24, 2.45) is 10.9 Å². The van der Waals surface area contributed by atoms with Crippen molar-refractivity contribution in [1.82, 2.24) is 14.9 Å². The van der Waals surface area contributed by atoms with Gasteiger partial charge in [-0.1, -0.05) is 5.16 Å². The Morgan fingerprint density at radius 2 is 2.03 bits per heavy atom. The number of anilines is 2. The van der Waals surface area contributed by atoms with E-state index in [0.717, 1.165) is 18.6 Å². The van der Waals surface area contributed by atoms with Crippen LogP contribution < -0.4 is 15.8 Å². The minimum Gasteiger partial charge on any atom is -0.474 e. The van der Waals surface area contributed by atoms with Gasteiger partial charge in [0.15, 0.2) is 15.7 Å². The third kappa shape index (κ3) is 5.14. The number of nitrogens with zero attached hydrogens (tertiary/aromatic N) is 4. The first kappa shape index (κ1) is 23.0. The Labute approximate surface area is 182 Å². The van der Waals surface area contributed by atoms with E-state index in [2.05, 4.69) is 20.4 Å². The van der Waals surface area contributed by atoms with Crippen molar-refractivity contribution >= 4 is 33.3 Å². The van der Waals surface area contributed by atoms with E-state index in [4.69, 9.17) is 15.6 Å². The third-order valence-corrected chi connectivity index (χ3v) is 5.90. The van der Waals surface area contributed by atoms with Gasteiger partial charge in [-0.05, 0) is 18.2 Å². The number of benzene rings is 1. The van der Waals surface area contributed by atoms with Gasteiger partial charge in [0.1, 0.15) is 29.6 Å². The van der Waals surface area contributed by atoms with E-state index in [1.54, 1.807) is 0 Å². The highest BCUT2D eigenvalue weighted by atomic mass is 32.2. The highest BCUT2D eigenvalue weighted by molar-refractivity contribution is 7.90. The molecule has 0 unspecified atom stereocenters. The van der Waals surface area contributed by atoms with Crippen LogP contribution in [0.1, 0.15) is 18.4 Å². The first-order chi connectivity index (χ1) is 15.1. The molecule has 0 atom stereocenters. The Morgan fingerprint density at radius 3 is 2.59 bits per heavy atom. The number of piperidine rings is 1. The fraction of sp³-hybridized carbons (Fsp3) is 0.333. The molecular weight excluding hydrogens is 447 g/mol. The van der Waals surface area contributed by atoms with E-state index < -0.39 is 27.6 Å². The quantitative estimate of drug-likeness (QED) is 0.209. The molecule has 32 heavy (non-hydrogen) atoms. The van der Waals surface area contributed by atoms with E-state index in [0.29, 0.717) is 12.8 Å². The monoisotopic (exact) mass is 468 g/mol. The zero-order chi connectivity index (χ0) is 23.5. The normalized spacial score (nSPS) is 15.4. The number of nitrogens with one attached hydrogen (secondary N) is 1. The van der Waals surface area contributed by atoms with Crippen molar-refractivity contribution in [3.63, 3.8) is 0 Å². The van der Waals surface area contributed by atoms with E-state index in [-0.39, 0.29) is 47.0 Å². The lowest BCUT2D eigenvalue weighted by Crippen LogP contribution is -2.41. The summed E-state index contributed by atoms with van der Waals surface area (Å²) in [5.41, 5.74) is 5.63. The standard InChI is InChI=1S/C18H21FN6O6S/c1-32(29,30)11-2-3-13(12(19)8-11)23-16-14(15(20)24-28)17(22-9-21-16)31-10-4-6-25(7-5-10)18(26)27/h2-3,8-10,28H,4-7H2,1H3,(H2,20,24)(H,26,27)(H,21,22,23). The molecule has 0 bridgehead atoms. The van der Waals surface area contributed by atoms with Crippen molar-refractivity contribution < 1.29 is 32.7 Å². The van der Waals surface area contributed by atoms with Crippen LogP contribution >= 0.6 is 0 Å². The van der Waals surface area contributed by atoms with Gasteiger partial charge in [0.05, 0.1) is 10.6 Å². The van der Waals surface area contributed by atoms with Gasteiger partial charge < -0.3 is 31.0 Å². The highest BCUT2D eigenvalue weighted by Gasteiger charge is 2.26. The van der Waals surface area contributed by atoms with E-state index >= 15 is 0 Å². The molecule has 0 aliphatic carbocycles. The molecule has 0 spiro atoms. The highest BCUT2D eigenvalue weighted by Crippen LogP contribution is 2.29. The lowest BCUT2D eigenvalue weighted by atomic mass is 10.1. The Bertz CT molecular complexity index is 1150. The number of carbonyl (C=O) groups is 1. The number of oxime groups is 1.